The molecule has 6 heteroatoms. The first-order valence-electron chi connectivity index (χ1n) is 11.6. The molecule has 2 aromatic carbocycles. The van der Waals surface area contributed by atoms with Gasteiger partial charge in [-0.2, -0.15) is 0 Å². The van der Waals surface area contributed by atoms with Crippen molar-refractivity contribution in [2.24, 2.45) is 11.8 Å². The first-order valence-corrected chi connectivity index (χ1v) is 12.0. The highest BCUT2D eigenvalue weighted by molar-refractivity contribution is 7.71. The Kier molecular flexibility index (Phi) is 7.20. The van der Waals surface area contributed by atoms with Crippen LogP contribution in [0.2, 0.25) is 0 Å². The molecule has 5 nitrogen and oxygen atoms in total. The highest BCUT2D eigenvalue weighted by Gasteiger charge is 2.27. The third-order valence-corrected chi connectivity index (χ3v) is 6.97. The van der Waals surface area contributed by atoms with Crippen LogP contribution in [-0.2, 0) is 17.8 Å². The van der Waals surface area contributed by atoms with Crippen molar-refractivity contribution in [1.82, 2.24) is 14.9 Å². The molecule has 0 spiro atoms. The summed E-state index contributed by atoms with van der Waals surface area (Å²) in [5, 5.41) is 3.87. The molecular formula is C26H31N3O2S. The number of aromatic amines is 1. The lowest BCUT2D eigenvalue weighted by Gasteiger charge is -2.29. The first kappa shape index (κ1) is 22.5. The van der Waals surface area contributed by atoms with Crippen LogP contribution in [0.5, 0.6) is 0 Å². The van der Waals surface area contributed by atoms with Crippen LogP contribution in [0, 0.1) is 16.6 Å². The van der Waals surface area contributed by atoms with E-state index in [2.05, 4.69) is 41.5 Å². The van der Waals surface area contributed by atoms with Gasteiger partial charge in [-0.15, -0.1) is 0 Å². The molecule has 1 amide bonds. The normalized spacial score (nSPS) is 19.5. The SMILES string of the molecule is C[C@@H](CCc1ccccc1)NC(=O)C1CCC(Cn2c(=S)[nH]c3ccccc3c2=O)CC1. The van der Waals surface area contributed by atoms with Gasteiger partial charge in [-0.3, -0.25) is 14.2 Å². The molecular weight excluding hydrogens is 418 g/mol. The summed E-state index contributed by atoms with van der Waals surface area (Å²) in [6, 6.07) is 18.0. The van der Waals surface area contributed by atoms with E-state index in [0.717, 1.165) is 44.0 Å². The zero-order valence-corrected chi connectivity index (χ0v) is 19.4. The van der Waals surface area contributed by atoms with Gasteiger partial charge in [0.15, 0.2) is 4.77 Å². The molecule has 1 heterocycles. The van der Waals surface area contributed by atoms with E-state index in [1.807, 2.05) is 30.3 Å². The smallest absolute Gasteiger partial charge is 0.262 e. The second-order valence-corrected chi connectivity index (χ2v) is 9.43. The van der Waals surface area contributed by atoms with E-state index in [4.69, 9.17) is 12.2 Å². The second kappa shape index (κ2) is 10.3. The lowest BCUT2D eigenvalue weighted by molar-refractivity contribution is -0.126. The summed E-state index contributed by atoms with van der Waals surface area (Å²) < 4.78 is 2.16. The maximum Gasteiger partial charge on any atom is 0.262 e. The zero-order chi connectivity index (χ0) is 22.5. The lowest BCUT2D eigenvalue weighted by Crippen LogP contribution is -2.39. The summed E-state index contributed by atoms with van der Waals surface area (Å²) in [4.78, 5) is 28.8. The molecule has 0 unspecified atom stereocenters. The van der Waals surface area contributed by atoms with Crippen molar-refractivity contribution >= 4 is 29.0 Å². The third kappa shape index (κ3) is 5.36. The monoisotopic (exact) mass is 449 g/mol. The maximum absolute atomic E-state index is 12.9. The third-order valence-electron chi connectivity index (χ3n) is 6.65. The number of nitrogens with one attached hydrogen (secondary N) is 2. The largest absolute Gasteiger partial charge is 0.353 e. The van der Waals surface area contributed by atoms with Crippen molar-refractivity contribution in [3.63, 3.8) is 0 Å². The number of nitrogens with zero attached hydrogens (tertiary/aromatic N) is 1. The van der Waals surface area contributed by atoms with Crippen molar-refractivity contribution in [2.45, 2.75) is 58.0 Å². The highest BCUT2D eigenvalue weighted by Crippen LogP contribution is 2.30. The van der Waals surface area contributed by atoms with Gasteiger partial charge in [0.1, 0.15) is 0 Å². The molecule has 0 saturated heterocycles. The summed E-state index contributed by atoms with van der Waals surface area (Å²) in [6.45, 7) is 2.70. The summed E-state index contributed by atoms with van der Waals surface area (Å²) in [5.74, 6) is 0.598. The number of amides is 1. The van der Waals surface area contributed by atoms with Crippen LogP contribution < -0.4 is 10.9 Å². The topological polar surface area (TPSA) is 66.9 Å². The van der Waals surface area contributed by atoms with E-state index < -0.39 is 0 Å². The summed E-state index contributed by atoms with van der Waals surface area (Å²) >= 11 is 5.45. The van der Waals surface area contributed by atoms with Crippen LogP contribution >= 0.6 is 12.2 Å². The molecule has 1 fully saturated rings. The Hall–Kier alpha value is -2.73. The minimum absolute atomic E-state index is 0.0311. The summed E-state index contributed by atoms with van der Waals surface area (Å²) in [7, 11) is 0. The Bertz CT molecular complexity index is 1180. The molecule has 0 radical (unpaired) electrons. The van der Waals surface area contributed by atoms with Gasteiger partial charge in [0.2, 0.25) is 5.91 Å². The number of aryl methyl sites for hydroxylation is 1. The van der Waals surface area contributed by atoms with Crippen LogP contribution in [-0.4, -0.2) is 21.5 Å². The number of aromatic nitrogens is 2. The van der Waals surface area contributed by atoms with Crippen LogP contribution in [0.1, 0.15) is 44.6 Å². The van der Waals surface area contributed by atoms with E-state index in [0.29, 0.717) is 22.6 Å². The number of hydrogen-bond donors (Lipinski definition) is 2. The summed E-state index contributed by atoms with van der Waals surface area (Å²) in [5.41, 5.74) is 2.05. The number of carbonyl (C=O) groups is 1. The van der Waals surface area contributed by atoms with Gasteiger partial charge in [0.25, 0.3) is 5.56 Å². The molecule has 1 atom stereocenters. The van der Waals surface area contributed by atoms with Gasteiger partial charge in [-0.25, -0.2) is 0 Å². The molecule has 0 aliphatic heterocycles. The predicted molar refractivity (Wildman–Crippen MR) is 131 cm³/mol. The number of hydrogen-bond acceptors (Lipinski definition) is 3. The van der Waals surface area contributed by atoms with Crippen molar-refractivity contribution in [2.75, 3.05) is 0 Å². The van der Waals surface area contributed by atoms with Crippen molar-refractivity contribution in [1.29, 1.82) is 0 Å². The van der Waals surface area contributed by atoms with Crippen LogP contribution in [0.4, 0.5) is 0 Å². The Morgan fingerprint density at radius 2 is 1.78 bits per heavy atom. The fraction of sp³-hybridized carbons (Fsp3) is 0.423. The Labute approximate surface area is 193 Å². The first-order chi connectivity index (χ1) is 15.5. The minimum Gasteiger partial charge on any atom is -0.353 e. The second-order valence-electron chi connectivity index (χ2n) is 9.04. The van der Waals surface area contributed by atoms with Crippen LogP contribution in [0.25, 0.3) is 10.9 Å². The Balaban J connectivity index is 1.29. The van der Waals surface area contributed by atoms with Gasteiger partial charge < -0.3 is 10.3 Å². The van der Waals surface area contributed by atoms with Gasteiger partial charge >= 0.3 is 0 Å². The van der Waals surface area contributed by atoms with E-state index in [-0.39, 0.29) is 23.4 Å². The Morgan fingerprint density at radius 1 is 1.09 bits per heavy atom. The lowest BCUT2D eigenvalue weighted by atomic mass is 9.81. The summed E-state index contributed by atoms with van der Waals surface area (Å²) in [6.07, 6.45) is 5.50. The minimum atomic E-state index is -0.0311. The molecule has 1 saturated carbocycles. The molecule has 2 N–H and O–H groups in total. The molecule has 0 bridgehead atoms. The standard InChI is InChI=1S/C26H31N3O2S/c1-18(11-12-19-7-3-2-4-8-19)27-24(30)21-15-13-20(14-16-21)17-29-25(31)22-9-5-6-10-23(22)28-26(29)32/h2-10,18,20-21H,11-17H2,1H3,(H,27,30)(H,28,32)/t18-,20?,21?/m0/s1. The molecule has 168 valence electrons. The quantitative estimate of drug-likeness (QED) is 0.499. The highest BCUT2D eigenvalue weighted by atomic mass is 32.1. The van der Waals surface area contributed by atoms with Crippen molar-refractivity contribution < 1.29 is 4.79 Å². The van der Waals surface area contributed by atoms with Gasteiger partial charge in [-0.1, -0.05) is 42.5 Å². The number of carbonyl (C=O) groups excluding carboxylic acids is 1. The van der Waals surface area contributed by atoms with Gasteiger partial charge in [0, 0.05) is 18.5 Å². The average Bonchev–Trinajstić information content (AvgIpc) is 2.81. The number of rotatable bonds is 7. The van der Waals surface area contributed by atoms with E-state index in [1.54, 1.807) is 4.57 Å². The van der Waals surface area contributed by atoms with Crippen LogP contribution in [0.15, 0.2) is 59.4 Å². The molecule has 4 rings (SSSR count). The van der Waals surface area contributed by atoms with Gasteiger partial charge in [-0.05, 0) is 81.3 Å². The molecule has 1 aliphatic rings. The molecule has 1 aromatic heterocycles. The molecule has 1 aliphatic carbocycles. The number of H-pyrrole nitrogens is 1. The predicted octanol–water partition coefficient (Wildman–Crippen LogP) is 5.00. The number of fused-ring (bicyclic) bond motifs is 1. The maximum atomic E-state index is 12.9. The number of benzene rings is 2. The van der Waals surface area contributed by atoms with Crippen LogP contribution in [0.3, 0.4) is 0 Å². The van der Waals surface area contributed by atoms with E-state index in [1.165, 1.54) is 5.56 Å². The van der Waals surface area contributed by atoms with Gasteiger partial charge in [0.05, 0.1) is 10.9 Å². The fourth-order valence-corrected chi connectivity index (χ4v) is 4.96. The molecule has 32 heavy (non-hydrogen) atoms. The number of para-hydroxylation sites is 1. The van der Waals surface area contributed by atoms with E-state index >= 15 is 0 Å². The zero-order valence-electron chi connectivity index (χ0n) is 18.5. The Morgan fingerprint density at radius 3 is 2.53 bits per heavy atom. The average molecular weight is 450 g/mol. The fourth-order valence-electron chi connectivity index (χ4n) is 4.69. The van der Waals surface area contributed by atoms with Crippen molar-refractivity contribution in [3.05, 3.63) is 75.3 Å². The molecule has 3 aromatic rings. The van der Waals surface area contributed by atoms with E-state index in [9.17, 15) is 9.59 Å². The van der Waals surface area contributed by atoms with Crippen molar-refractivity contribution in [3.8, 4) is 0 Å².